The maximum Gasteiger partial charge on any atom is 0.416 e. The topological polar surface area (TPSA) is 94.4 Å². The number of benzene rings is 1. The van der Waals surface area contributed by atoms with Crippen LogP contribution in [-0.4, -0.2) is 52.0 Å². The van der Waals surface area contributed by atoms with Gasteiger partial charge in [0.2, 0.25) is 5.88 Å². The molecule has 42 heavy (non-hydrogen) atoms. The quantitative estimate of drug-likeness (QED) is 0.358. The number of amides is 1. The van der Waals surface area contributed by atoms with Gasteiger partial charge in [0.1, 0.15) is 18.0 Å². The molecule has 2 atom stereocenters. The second-order valence-electron chi connectivity index (χ2n) is 11.5. The molecule has 0 unspecified atom stereocenters. The first kappa shape index (κ1) is 28.6. The van der Waals surface area contributed by atoms with Crippen LogP contribution in [0, 0.1) is 11.8 Å². The molecule has 1 saturated heterocycles. The maximum absolute atomic E-state index is 14.4. The summed E-state index contributed by atoms with van der Waals surface area (Å²) >= 11 is 0. The number of carbonyl (C=O) groups is 1. The van der Waals surface area contributed by atoms with Crippen molar-refractivity contribution in [3.05, 3.63) is 64.2 Å². The molecule has 1 N–H and O–H groups in total. The van der Waals surface area contributed by atoms with Crippen molar-refractivity contribution in [2.45, 2.75) is 57.8 Å². The number of nitrogens with zero attached hydrogens (tertiary/aromatic N) is 5. The van der Waals surface area contributed by atoms with Crippen LogP contribution in [-0.2, 0) is 24.5 Å². The fraction of sp³-hybridized carbons (Fsp3) is 0.533. The number of nitrogens with one attached hydrogen (secondary N) is 1. The van der Waals surface area contributed by atoms with Crippen molar-refractivity contribution in [1.29, 1.82) is 0 Å². The van der Waals surface area contributed by atoms with Gasteiger partial charge in [-0.15, -0.1) is 10.2 Å². The number of hydrogen-bond donors (Lipinski definition) is 1. The predicted molar refractivity (Wildman–Crippen MR) is 148 cm³/mol. The zero-order valence-corrected chi connectivity index (χ0v) is 23.9. The summed E-state index contributed by atoms with van der Waals surface area (Å²) in [4.78, 5) is 19.7. The Labute approximate surface area is 242 Å². The molecule has 0 radical (unpaired) electrons. The second kappa shape index (κ2) is 11.3. The number of pyridine rings is 1. The molecule has 4 heterocycles. The fourth-order valence-corrected chi connectivity index (χ4v) is 5.98. The van der Waals surface area contributed by atoms with Crippen LogP contribution in [0.1, 0.15) is 83.5 Å². The van der Waals surface area contributed by atoms with Crippen LogP contribution < -0.4 is 15.0 Å². The molecule has 6 rings (SSSR count). The van der Waals surface area contributed by atoms with Gasteiger partial charge in [-0.25, -0.2) is 0 Å². The summed E-state index contributed by atoms with van der Waals surface area (Å²) in [6.45, 7) is 5.55. The largest absolute Gasteiger partial charge is 0.478 e. The lowest BCUT2D eigenvalue weighted by Gasteiger charge is -2.33. The van der Waals surface area contributed by atoms with Gasteiger partial charge in [-0.2, -0.15) is 18.2 Å². The minimum atomic E-state index is -4.61. The molecule has 2 fully saturated rings. The first-order valence-corrected chi connectivity index (χ1v) is 14.5. The van der Waals surface area contributed by atoms with Gasteiger partial charge >= 0.3 is 6.18 Å². The van der Waals surface area contributed by atoms with Crippen molar-refractivity contribution < 1.29 is 27.4 Å². The Balaban J connectivity index is 1.37. The monoisotopic (exact) mass is 584 g/mol. The first-order valence-electron chi connectivity index (χ1n) is 14.5. The van der Waals surface area contributed by atoms with E-state index in [1.165, 1.54) is 17.4 Å². The molecule has 2 aromatic heterocycles. The standard InChI is InChI=1S/C30H35F3N6O3/c1-4-42-26-11-20(27(21-14-41-15-21)28-37-35-16-38(28)3)10-25(36-26)39-13-23-22(29(39)40)8-19(9-24(23)30(31,32)33)17(2)34-12-18-6-5-7-18/h8-11,16-18,21,27,34H,4-7,12-15H2,1-3H3/t17-,27+/m0/s1. The van der Waals surface area contributed by atoms with Crippen LogP contribution >= 0.6 is 0 Å². The summed E-state index contributed by atoms with van der Waals surface area (Å²) in [5.41, 5.74) is 0.457. The highest BCUT2D eigenvalue weighted by Gasteiger charge is 2.42. The van der Waals surface area contributed by atoms with E-state index >= 15 is 0 Å². The van der Waals surface area contributed by atoms with Crippen molar-refractivity contribution in [2.75, 3.05) is 31.3 Å². The van der Waals surface area contributed by atoms with Crippen LogP contribution in [0.2, 0.25) is 0 Å². The van der Waals surface area contributed by atoms with Crippen molar-refractivity contribution in [2.24, 2.45) is 18.9 Å². The molecule has 3 aliphatic rings. The minimum Gasteiger partial charge on any atom is -0.478 e. The van der Waals surface area contributed by atoms with Gasteiger partial charge in [0, 0.05) is 30.6 Å². The number of aryl methyl sites for hydroxylation is 1. The number of halogens is 3. The van der Waals surface area contributed by atoms with Crippen LogP contribution in [0.15, 0.2) is 30.6 Å². The summed E-state index contributed by atoms with van der Waals surface area (Å²) in [7, 11) is 1.85. The highest BCUT2D eigenvalue weighted by atomic mass is 19.4. The van der Waals surface area contributed by atoms with E-state index in [2.05, 4.69) is 20.5 Å². The smallest absolute Gasteiger partial charge is 0.416 e. The summed E-state index contributed by atoms with van der Waals surface area (Å²) < 4.78 is 56.2. The number of anilines is 1. The summed E-state index contributed by atoms with van der Waals surface area (Å²) in [6, 6.07) is 6.01. The van der Waals surface area contributed by atoms with Crippen LogP contribution in [0.4, 0.5) is 19.0 Å². The zero-order chi connectivity index (χ0) is 29.6. The average molecular weight is 585 g/mol. The molecule has 0 bridgehead atoms. The molecule has 1 aliphatic carbocycles. The number of hydrogen-bond acceptors (Lipinski definition) is 7. The molecule has 9 nitrogen and oxygen atoms in total. The molecule has 2 aliphatic heterocycles. The average Bonchev–Trinajstić information content (AvgIpc) is 3.46. The Kier molecular flexibility index (Phi) is 7.69. The molecule has 0 spiro atoms. The fourth-order valence-electron chi connectivity index (χ4n) is 5.98. The van der Waals surface area contributed by atoms with Gasteiger partial charge in [0.05, 0.1) is 37.8 Å². The Bertz CT molecular complexity index is 1470. The van der Waals surface area contributed by atoms with Crippen LogP contribution in [0.3, 0.4) is 0 Å². The van der Waals surface area contributed by atoms with E-state index in [-0.39, 0.29) is 47.2 Å². The number of rotatable bonds is 10. The van der Waals surface area contributed by atoms with Gasteiger partial charge in [-0.3, -0.25) is 9.69 Å². The third-order valence-electron chi connectivity index (χ3n) is 8.71. The van der Waals surface area contributed by atoms with E-state index in [1.54, 1.807) is 24.5 Å². The van der Waals surface area contributed by atoms with Gasteiger partial charge in [-0.05, 0) is 74.0 Å². The highest BCUT2D eigenvalue weighted by Crippen LogP contribution is 2.42. The van der Waals surface area contributed by atoms with E-state index in [0.29, 0.717) is 37.1 Å². The van der Waals surface area contributed by atoms with Gasteiger partial charge in [-0.1, -0.05) is 6.42 Å². The third-order valence-corrected chi connectivity index (χ3v) is 8.71. The highest BCUT2D eigenvalue weighted by molar-refractivity contribution is 6.10. The molecule has 1 aromatic carbocycles. The number of fused-ring (bicyclic) bond motifs is 1. The number of carbonyl (C=O) groups excluding carboxylic acids is 1. The molecule has 1 amide bonds. The molecule has 3 aromatic rings. The molecule has 224 valence electrons. The van der Waals surface area contributed by atoms with Crippen LogP contribution in [0.5, 0.6) is 5.88 Å². The van der Waals surface area contributed by atoms with Gasteiger partial charge < -0.3 is 19.4 Å². The lowest BCUT2D eigenvalue weighted by molar-refractivity contribution is -0.138. The lowest BCUT2D eigenvalue weighted by Crippen LogP contribution is -2.35. The van der Waals surface area contributed by atoms with Crippen molar-refractivity contribution in [1.82, 2.24) is 25.1 Å². The molecular formula is C30H35F3N6O3. The zero-order valence-electron chi connectivity index (χ0n) is 23.9. The van der Waals surface area contributed by atoms with E-state index in [9.17, 15) is 18.0 Å². The predicted octanol–water partition coefficient (Wildman–Crippen LogP) is 5.02. The Morgan fingerprint density at radius 2 is 1.95 bits per heavy atom. The lowest BCUT2D eigenvalue weighted by atomic mass is 9.84. The second-order valence-corrected chi connectivity index (χ2v) is 11.5. The van der Waals surface area contributed by atoms with E-state index in [1.807, 2.05) is 25.5 Å². The third kappa shape index (κ3) is 5.37. The number of ether oxygens (including phenoxy) is 2. The summed E-state index contributed by atoms with van der Waals surface area (Å²) in [5, 5.41) is 11.7. The SMILES string of the molecule is CCOc1cc([C@@H](c2nncn2C)C2COC2)cc(N2Cc3c(cc([C@H](C)NCC4CCC4)cc3C(F)(F)F)C2=O)n1. The molecule has 12 heteroatoms. The Morgan fingerprint density at radius 1 is 1.17 bits per heavy atom. The minimum absolute atomic E-state index is 0.0372. The first-order chi connectivity index (χ1) is 20.1. The summed E-state index contributed by atoms with van der Waals surface area (Å²) in [5.74, 6) is 1.15. The molecule has 1 saturated carbocycles. The maximum atomic E-state index is 14.4. The van der Waals surface area contributed by atoms with Gasteiger partial charge in [0.15, 0.2) is 0 Å². The number of aromatic nitrogens is 4. The van der Waals surface area contributed by atoms with Crippen molar-refractivity contribution in [3.8, 4) is 5.88 Å². The van der Waals surface area contributed by atoms with Crippen molar-refractivity contribution >= 4 is 11.7 Å². The summed E-state index contributed by atoms with van der Waals surface area (Å²) in [6.07, 6.45) is 0.456. The van der Waals surface area contributed by atoms with Crippen molar-refractivity contribution in [3.63, 3.8) is 0 Å². The van der Waals surface area contributed by atoms with Crippen LogP contribution in [0.25, 0.3) is 0 Å². The van der Waals surface area contributed by atoms with E-state index in [0.717, 1.165) is 24.9 Å². The molecular weight excluding hydrogens is 549 g/mol. The number of alkyl halides is 3. The Hall–Kier alpha value is -3.51. The van der Waals surface area contributed by atoms with Gasteiger partial charge in [0.25, 0.3) is 5.91 Å². The van der Waals surface area contributed by atoms with E-state index in [4.69, 9.17) is 9.47 Å². The van der Waals surface area contributed by atoms with E-state index < -0.39 is 17.6 Å². The normalized spacial score (nSPS) is 18.9. The Morgan fingerprint density at radius 3 is 2.55 bits per heavy atom.